The molecule has 1 fully saturated rings. The topological polar surface area (TPSA) is 38.8 Å². The van der Waals surface area contributed by atoms with Crippen molar-refractivity contribution in [2.45, 2.75) is 58.2 Å². The highest BCUT2D eigenvalue weighted by atomic mass is 19.1. The largest absolute Gasteiger partial charge is 0.339 e. The van der Waals surface area contributed by atoms with Gasteiger partial charge >= 0.3 is 0 Å². The van der Waals surface area contributed by atoms with E-state index < -0.39 is 5.92 Å². The first-order chi connectivity index (χ1) is 14.8. The number of piperidine rings is 1. The molecule has 2 heterocycles. The molecule has 2 aromatic rings. The molecular formula is C25H33FN4O. The third-order valence-corrected chi connectivity index (χ3v) is 6.70. The molecule has 5 nitrogen and oxygen atoms in total. The van der Waals surface area contributed by atoms with Crippen molar-refractivity contribution < 1.29 is 9.18 Å². The van der Waals surface area contributed by atoms with Gasteiger partial charge in [0.15, 0.2) is 0 Å². The van der Waals surface area contributed by atoms with Crippen LogP contribution < -0.4 is 10.2 Å². The minimum absolute atomic E-state index is 0.0538. The van der Waals surface area contributed by atoms with Gasteiger partial charge in [0.1, 0.15) is 0 Å². The van der Waals surface area contributed by atoms with Gasteiger partial charge in [-0.1, -0.05) is 24.3 Å². The molecule has 6 heteroatoms. The zero-order valence-corrected chi connectivity index (χ0v) is 18.9. The number of benzene rings is 2. The summed E-state index contributed by atoms with van der Waals surface area (Å²) in [4.78, 5) is 19.1. The highest BCUT2D eigenvalue weighted by Crippen LogP contribution is 2.41. The molecule has 0 saturated carbocycles. The fourth-order valence-electron chi connectivity index (χ4n) is 4.68. The number of fused-ring (bicyclic) bond motifs is 1. The summed E-state index contributed by atoms with van der Waals surface area (Å²) in [5, 5.41) is 2.93. The van der Waals surface area contributed by atoms with Crippen molar-refractivity contribution in [3.63, 3.8) is 0 Å². The van der Waals surface area contributed by atoms with E-state index in [0.717, 1.165) is 42.9 Å². The molecule has 4 rings (SSSR count). The quantitative estimate of drug-likeness (QED) is 0.706. The number of nitrogens with one attached hydrogen (secondary N) is 1. The Balaban J connectivity index is 1.41. The molecule has 1 atom stereocenters. The Kier molecular flexibility index (Phi) is 5.93. The SMILES string of the molecule is CC(C)N1CCC(N(C)C(=O)c2ccc(CN3c4ccccc4NC3(C)F)cc2)CC1. The molecule has 1 amide bonds. The molecule has 0 aliphatic carbocycles. The molecule has 2 aliphatic heterocycles. The van der Waals surface area contributed by atoms with Gasteiger partial charge in [0, 0.05) is 51.3 Å². The summed E-state index contributed by atoms with van der Waals surface area (Å²) in [6.45, 7) is 8.47. The Bertz CT molecular complexity index is 919. The lowest BCUT2D eigenvalue weighted by Crippen LogP contribution is -2.47. The van der Waals surface area contributed by atoms with Gasteiger partial charge in [0.05, 0.1) is 11.4 Å². The normalized spacial score (nSPS) is 21.8. The second-order valence-electron chi connectivity index (χ2n) is 9.16. The van der Waals surface area contributed by atoms with Gasteiger partial charge in [-0.2, -0.15) is 4.39 Å². The van der Waals surface area contributed by atoms with Crippen LogP contribution >= 0.6 is 0 Å². The second-order valence-corrected chi connectivity index (χ2v) is 9.16. The van der Waals surface area contributed by atoms with E-state index in [1.54, 1.807) is 4.90 Å². The first kappa shape index (κ1) is 21.6. The van der Waals surface area contributed by atoms with Crippen molar-refractivity contribution in [2.24, 2.45) is 0 Å². The maximum Gasteiger partial charge on any atom is 0.255 e. The van der Waals surface area contributed by atoms with Crippen LogP contribution in [0.2, 0.25) is 0 Å². The number of carbonyl (C=O) groups is 1. The highest BCUT2D eigenvalue weighted by molar-refractivity contribution is 5.94. The summed E-state index contributed by atoms with van der Waals surface area (Å²) in [5.41, 5.74) is 3.29. The van der Waals surface area contributed by atoms with Crippen LogP contribution in [-0.2, 0) is 6.54 Å². The fraction of sp³-hybridized carbons (Fsp3) is 0.480. The van der Waals surface area contributed by atoms with Crippen LogP contribution in [0.25, 0.3) is 0 Å². The van der Waals surface area contributed by atoms with Crippen LogP contribution in [0.5, 0.6) is 0 Å². The number of alkyl halides is 1. The van der Waals surface area contributed by atoms with Gasteiger partial charge in [0.25, 0.3) is 11.8 Å². The predicted molar refractivity (Wildman–Crippen MR) is 124 cm³/mol. The molecule has 1 saturated heterocycles. The number of rotatable bonds is 5. The van der Waals surface area contributed by atoms with E-state index in [2.05, 4.69) is 24.1 Å². The number of hydrogen-bond acceptors (Lipinski definition) is 4. The van der Waals surface area contributed by atoms with Crippen LogP contribution in [0.15, 0.2) is 48.5 Å². The van der Waals surface area contributed by atoms with Gasteiger partial charge in [0.2, 0.25) is 0 Å². The van der Waals surface area contributed by atoms with Gasteiger partial charge in [-0.25, -0.2) is 0 Å². The van der Waals surface area contributed by atoms with E-state index >= 15 is 4.39 Å². The summed E-state index contributed by atoms with van der Waals surface area (Å²) in [6.07, 6.45) is 2.02. The zero-order chi connectivity index (χ0) is 22.2. The van der Waals surface area contributed by atoms with Gasteiger partial charge in [-0.15, -0.1) is 0 Å². The van der Waals surface area contributed by atoms with Gasteiger partial charge < -0.3 is 20.0 Å². The van der Waals surface area contributed by atoms with Crippen molar-refractivity contribution in [3.05, 3.63) is 59.7 Å². The molecule has 0 radical (unpaired) electrons. The molecule has 1 unspecified atom stereocenters. The fourth-order valence-corrected chi connectivity index (χ4v) is 4.68. The van der Waals surface area contributed by atoms with Crippen molar-refractivity contribution in [2.75, 3.05) is 30.4 Å². The molecule has 0 spiro atoms. The van der Waals surface area contributed by atoms with Crippen molar-refractivity contribution in [3.8, 4) is 0 Å². The Morgan fingerprint density at radius 2 is 1.81 bits per heavy atom. The highest BCUT2D eigenvalue weighted by Gasteiger charge is 2.39. The van der Waals surface area contributed by atoms with Gasteiger partial charge in [-0.3, -0.25) is 4.79 Å². The standard InChI is InChI=1S/C25H33FN4O/c1-18(2)29-15-13-21(14-16-29)28(4)24(31)20-11-9-19(10-12-20)17-30-23-8-6-5-7-22(23)27-25(30,3)26/h5-12,18,21,27H,13-17H2,1-4H3. The summed E-state index contributed by atoms with van der Waals surface area (Å²) in [5.74, 6) is -1.60. The van der Waals surface area contributed by atoms with Gasteiger partial charge in [-0.05, 0) is 56.5 Å². The Labute approximate surface area is 184 Å². The van der Waals surface area contributed by atoms with E-state index in [1.165, 1.54) is 6.92 Å². The maximum atomic E-state index is 15.1. The third-order valence-electron chi connectivity index (χ3n) is 6.70. The lowest BCUT2D eigenvalue weighted by atomic mass is 10.0. The van der Waals surface area contributed by atoms with E-state index in [0.29, 0.717) is 18.2 Å². The second kappa shape index (κ2) is 8.50. The molecule has 2 aliphatic rings. The Morgan fingerprint density at radius 1 is 1.16 bits per heavy atom. The first-order valence-corrected chi connectivity index (χ1v) is 11.2. The van der Waals surface area contributed by atoms with E-state index in [1.807, 2.05) is 60.5 Å². The molecule has 0 aromatic heterocycles. The lowest BCUT2D eigenvalue weighted by molar-refractivity contribution is 0.0615. The summed E-state index contributed by atoms with van der Waals surface area (Å²) in [7, 11) is 1.91. The number of halogens is 1. The Hall–Kier alpha value is -2.60. The minimum atomic E-state index is -1.65. The van der Waals surface area contributed by atoms with Crippen LogP contribution in [0.4, 0.5) is 15.8 Å². The summed E-state index contributed by atoms with van der Waals surface area (Å²) < 4.78 is 15.1. The van der Waals surface area contributed by atoms with Crippen LogP contribution in [0.1, 0.15) is 49.5 Å². The first-order valence-electron chi connectivity index (χ1n) is 11.2. The molecular weight excluding hydrogens is 391 g/mol. The average Bonchev–Trinajstić information content (AvgIpc) is 3.02. The summed E-state index contributed by atoms with van der Waals surface area (Å²) >= 11 is 0. The number of amides is 1. The Morgan fingerprint density at radius 3 is 2.45 bits per heavy atom. The van der Waals surface area contributed by atoms with Crippen molar-refractivity contribution in [1.82, 2.24) is 9.80 Å². The number of likely N-dealkylation sites (tertiary alicyclic amines) is 1. The van der Waals surface area contributed by atoms with E-state index in [4.69, 9.17) is 0 Å². The molecule has 1 N–H and O–H groups in total. The average molecular weight is 425 g/mol. The van der Waals surface area contributed by atoms with Crippen LogP contribution in [-0.4, -0.2) is 53.8 Å². The lowest BCUT2D eigenvalue weighted by Gasteiger charge is -2.38. The van der Waals surface area contributed by atoms with Crippen LogP contribution in [0.3, 0.4) is 0 Å². The number of nitrogens with zero attached hydrogens (tertiary/aromatic N) is 3. The van der Waals surface area contributed by atoms with E-state index in [9.17, 15) is 4.79 Å². The zero-order valence-electron chi connectivity index (χ0n) is 18.9. The number of para-hydroxylation sites is 2. The predicted octanol–water partition coefficient (Wildman–Crippen LogP) is 4.71. The van der Waals surface area contributed by atoms with E-state index in [-0.39, 0.29) is 11.9 Å². The number of anilines is 2. The number of hydrogen-bond donors (Lipinski definition) is 1. The van der Waals surface area contributed by atoms with Crippen molar-refractivity contribution >= 4 is 17.3 Å². The van der Waals surface area contributed by atoms with Crippen molar-refractivity contribution in [1.29, 1.82) is 0 Å². The molecule has 31 heavy (non-hydrogen) atoms. The number of carbonyl (C=O) groups excluding carboxylic acids is 1. The smallest absolute Gasteiger partial charge is 0.255 e. The molecule has 166 valence electrons. The third kappa shape index (κ3) is 4.40. The summed E-state index contributed by atoms with van der Waals surface area (Å²) in [6, 6.07) is 16.0. The maximum absolute atomic E-state index is 15.1. The monoisotopic (exact) mass is 424 g/mol. The van der Waals surface area contributed by atoms with Crippen LogP contribution in [0, 0.1) is 0 Å². The molecule has 0 bridgehead atoms. The molecule has 2 aromatic carbocycles. The minimum Gasteiger partial charge on any atom is -0.339 e.